The first-order chi connectivity index (χ1) is 9.65. The minimum Gasteiger partial charge on any atom is -0.443 e. The van der Waals surface area contributed by atoms with Crippen LogP contribution in [-0.4, -0.2) is 50.6 Å². The first-order valence-corrected chi connectivity index (χ1v) is 6.42. The summed E-state index contributed by atoms with van der Waals surface area (Å²) >= 11 is 0. The number of anilines is 2. The van der Waals surface area contributed by atoms with Crippen molar-refractivity contribution in [3.05, 3.63) is 24.0 Å². The van der Waals surface area contributed by atoms with Gasteiger partial charge in [-0.2, -0.15) is 0 Å². The maximum Gasteiger partial charge on any atom is 0.414 e. The highest BCUT2D eigenvalue weighted by atomic mass is 19.1. The number of carbonyl (C=O) groups is 1. The summed E-state index contributed by atoms with van der Waals surface area (Å²) in [6, 6.07) is 4.47. The molecule has 1 fully saturated rings. The molecule has 1 atom stereocenters. The van der Waals surface area contributed by atoms with Gasteiger partial charge in [0.25, 0.3) is 0 Å². The summed E-state index contributed by atoms with van der Waals surface area (Å²) in [5.41, 5.74) is 0.753. The molecule has 2 rings (SSSR count). The molecule has 1 aliphatic rings. The Hall–Kier alpha value is -1.86. The van der Waals surface area contributed by atoms with Crippen LogP contribution in [0.5, 0.6) is 0 Å². The normalized spacial score (nSPS) is 18.2. The Morgan fingerprint density at radius 2 is 2.35 bits per heavy atom. The molecule has 1 saturated heterocycles. The van der Waals surface area contributed by atoms with Crippen LogP contribution in [-0.2, 0) is 4.74 Å². The number of nitrogens with zero attached hydrogens (tertiary/aromatic N) is 1. The van der Waals surface area contributed by atoms with Crippen LogP contribution >= 0.6 is 0 Å². The Morgan fingerprint density at radius 1 is 1.55 bits per heavy atom. The summed E-state index contributed by atoms with van der Waals surface area (Å²) in [5.74, 6) is -0.471. The highest BCUT2D eigenvalue weighted by Crippen LogP contribution is 2.25. The van der Waals surface area contributed by atoms with Gasteiger partial charge in [-0.15, -0.1) is 0 Å². The topological polar surface area (TPSA) is 73.8 Å². The van der Waals surface area contributed by atoms with Crippen molar-refractivity contribution in [1.29, 1.82) is 0 Å². The third kappa shape index (κ3) is 3.17. The second-order valence-corrected chi connectivity index (χ2v) is 4.49. The number of nitrogens with one attached hydrogen (secondary N) is 2. The van der Waals surface area contributed by atoms with Crippen molar-refractivity contribution in [3.8, 4) is 0 Å². The van der Waals surface area contributed by atoms with Crippen molar-refractivity contribution in [1.82, 2.24) is 5.32 Å². The molecule has 3 N–H and O–H groups in total. The number of halogens is 1. The number of carbonyl (C=O) groups excluding carboxylic acids is 1. The number of cyclic esters (lactones) is 1. The van der Waals surface area contributed by atoms with Crippen molar-refractivity contribution in [3.63, 3.8) is 0 Å². The van der Waals surface area contributed by atoms with E-state index in [1.807, 2.05) is 0 Å². The van der Waals surface area contributed by atoms with Crippen LogP contribution < -0.4 is 15.5 Å². The molecule has 110 valence electrons. The number of likely N-dealkylation sites (N-methyl/N-ethyl adjacent to an activating group) is 1. The summed E-state index contributed by atoms with van der Waals surface area (Å²) in [6.45, 7) is 1.14. The molecule has 6 nitrogen and oxygen atoms in total. The lowest BCUT2D eigenvalue weighted by Crippen LogP contribution is -2.29. The molecule has 0 bridgehead atoms. The first kappa shape index (κ1) is 14.5. The predicted octanol–water partition coefficient (Wildman–Crippen LogP) is 0.774. The number of aliphatic hydroxyl groups is 1. The number of ether oxygens (including phenoxy) is 1. The van der Waals surface area contributed by atoms with E-state index in [2.05, 4.69) is 10.6 Å². The number of hydrogen-bond donors (Lipinski definition) is 3. The van der Waals surface area contributed by atoms with Gasteiger partial charge < -0.3 is 20.5 Å². The van der Waals surface area contributed by atoms with Gasteiger partial charge in [-0.25, -0.2) is 9.18 Å². The van der Waals surface area contributed by atoms with Gasteiger partial charge >= 0.3 is 6.09 Å². The average molecular weight is 283 g/mol. The molecule has 1 aromatic rings. The van der Waals surface area contributed by atoms with Crippen molar-refractivity contribution in [2.45, 2.75) is 6.10 Å². The van der Waals surface area contributed by atoms with E-state index in [0.717, 1.165) is 0 Å². The molecule has 0 spiro atoms. The van der Waals surface area contributed by atoms with Crippen molar-refractivity contribution in [2.24, 2.45) is 0 Å². The average Bonchev–Trinajstić information content (AvgIpc) is 2.79. The fourth-order valence-electron chi connectivity index (χ4n) is 2.07. The number of amides is 1. The largest absolute Gasteiger partial charge is 0.443 e. The molecule has 0 unspecified atom stereocenters. The van der Waals surface area contributed by atoms with Crippen molar-refractivity contribution in [2.75, 3.05) is 43.5 Å². The van der Waals surface area contributed by atoms with Gasteiger partial charge in [-0.05, 0) is 25.2 Å². The van der Waals surface area contributed by atoms with Gasteiger partial charge in [-0.1, -0.05) is 0 Å². The molecule has 1 aromatic carbocycles. The van der Waals surface area contributed by atoms with Crippen molar-refractivity contribution >= 4 is 17.5 Å². The second-order valence-electron chi connectivity index (χ2n) is 4.49. The van der Waals surface area contributed by atoms with Crippen LogP contribution in [0.15, 0.2) is 18.2 Å². The Kier molecular flexibility index (Phi) is 4.75. The maximum atomic E-state index is 13.9. The third-order valence-electron chi connectivity index (χ3n) is 3.00. The highest BCUT2D eigenvalue weighted by molar-refractivity contribution is 5.90. The van der Waals surface area contributed by atoms with E-state index in [9.17, 15) is 9.18 Å². The van der Waals surface area contributed by atoms with Gasteiger partial charge in [-0.3, -0.25) is 4.90 Å². The Morgan fingerprint density at radius 3 is 3.00 bits per heavy atom. The summed E-state index contributed by atoms with van der Waals surface area (Å²) in [7, 11) is 1.78. The SMILES string of the molecule is CNC[C@H]1CN(c2ccc(NCCO)c(F)c2)C(=O)O1. The summed E-state index contributed by atoms with van der Waals surface area (Å²) < 4.78 is 19.0. The van der Waals surface area contributed by atoms with Crippen LogP contribution in [0, 0.1) is 5.82 Å². The van der Waals surface area contributed by atoms with Crippen LogP contribution in [0.4, 0.5) is 20.6 Å². The molecule has 0 aromatic heterocycles. The maximum absolute atomic E-state index is 13.9. The molecule has 1 amide bonds. The monoisotopic (exact) mass is 283 g/mol. The van der Waals surface area contributed by atoms with E-state index < -0.39 is 11.9 Å². The van der Waals surface area contributed by atoms with Gasteiger partial charge in [0.05, 0.1) is 24.5 Å². The molecule has 20 heavy (non-hydrogen) atoms. The Labute approximate surface area is 116 Å². The Balaban J connectivity index is 2.09. The number of rotatable bonds is 6. The van der Waals surface area contributed by atoms with Crippen LogP contribution in [0.1, 0.15) is 0 Å². The zero-order valence-electron chi connectivity index (χ0n) is 11.2. The van der Waals surface area contributed by atoms with E-state index in [1.165, 1.54) is 11.0 Å². The lowest BCUT2D eigenvalue weighted by atomic mass is 10.2. The Bertz CT molecular complexity index is 484. The minimum absolute atomic E-state index is 0.0780. The molecular weight excluding hydrogens is 265 g/mol. The lowest BCUT2D eigenvalue weighted by Gasteiger charge is -2.14. The van der Waals surface area contributed by atoms with Gasteiger partial charge in [0.15, 0.2) is 0 Å². The van der Waals surface area contributed by atoms with E-state index in [0.29, 0.717) is 24.5 Å². The second kappa shape index (κ2) is 6.53. The first-order valence-electron chi connectivity index (χ1n) is 6.42. The summed E-state index contributed by atoms with van der Waals surface area (Å²) in [6.07, 6.45) is -0.705. The quantitative estimate of drug-likeness (QED) is 0.719. The molecule has 7 heteroatoms. The van der Waals surface area contributed by atoms with E-state index in [-0.39, 0.29) is 19.3 Å². The van der Waals surface area contributed by atoms with Crippen LogP contribution in [0.2, 0.25) is 0 Å². The smallest absolute Gasteiger partial charge is 0.414 e. The van der Waals surface area contributed by atoms with Crippen LogP contribution in [0.25, 0.3) is 0 Å². The van der Waals surface area contributed by atoms with Crippen LogP contribution in [0.3, 0.4) is 0 Å². The number of aliphatic hydroxyl groups excluding tert-OH is 1. The fraction of sp³-hybridized carbons (Fsp3) is 0.462. The van der Waals surface area contributed by atoms with Gasteiger partial charge in [0, 0.05) is 13.1 Å². The standard InChI is InChI=1S/C13H18FN3O3/c1-15-7-10-8-17(13(19)20-10)9-2-3-12(11(14)6-9)16-4-5-18/h2-3,6,10,15-16,18H,4-5,7-8H2,1H3/t10-/m0/s1. The van der Waals surface area contributed by atoms with E-state index >= 15 is 0 Å². The number of benzene rings is 1. The predicted molar refractivity (Wildman–Crippen MR) is 73.5 cm³/mol. The van der Waals surface area contributed by atoms with Gasteiger partial charge in [0.1, 0.15) is 11.9 Å². The zero-order valence-corrected chi connectivity index (χ0v) is 11.2. The summed E-state index contributed by atoms with van der Waals surface area (Å²) in [5, 5.41) is 14.4. The van der Waals surface area contributed by atoms with Crippen molar-refractivity contribution < 1.29 is 19.0 Å². The molecular formula is C13H18FN3O3. The summed E-state index contributed by atoms with van der Waals surface area (Å²) in [4.78, 5) is 13.1. The van der Waals surface area contributed by atoms with Gasteiger partial charge in [0.2, 0.25) is 0 Å². The third-order valence-corrected chi connectivity index (χ3v) is 3.00. The molecule has 0 saturated carbocycles. The van der Waals surface area contributed by atoms with E-state index in [1.54, 1.807) is 19.2 Å². The highest BCUT2D eigenvalue weighted by Gasteiger charge is 2.32. The molecule has 1 heterocycles. The minimum atomic E-state index is -0.472. The van der Waals surface area contributed by atoms with E-state index in [4.69, 9.17) is 9.84 Å². The number of hydrogen-bond acceptors (Lipinski definition) is 5. The molecule has 0 radical (unpaired) electrons. The molecule has 0 aliphatic carbocycles. The molecule has 1 aliphatic heterocycles. The fourth-order valence-corrected chi connectivity index (χ4v) is 2.07. The lowest BCUT2D eigenvalue weighted by molar-refractivity contribution is 0.141. The zero-order chi connectivity index (χ0) is 14.5.